The van der Waals surface area contributed by atoms with Gasteiger partial charge in [-0.1, -0.05) is 60.7 Å². The number of para-hydroxylation sites is 1. The number of benzene rings is 3. The summed E-state index contributed by atoms with van der Waals surface area (Å²) < 4.78 is 11.0. The molecule has 0 saturated carbocycles. The quantitative estimate of drug-likeness (QED) is 0.680. The van der Waals surface area contributed by atoms with Crippen LogP contribution in [0.15, 0.2) is 84.9 Å². The first-order valence-corrected chi connectivity index (χ1v) is 8.88. The Kier molecular flexibility index (Phi) is 6.10. The highest BCUT2D eigenvalue weighted by atomic mass is 16.5. The molecule has 0 fully saturated rings. The van der Waals surface area contributed by atoms with Gasteiger partial charge in [0.25, 0.3) is 5.91 Å². The topological polar surface area (TPSA) is 47.6 Å². The molecule has 3 rings (SSSR count). The van der Waals surface area contributed by atoms with Gasteiger partial charge in [-0.25, -0.2) is 0 Å². The Bertz CT molecular complexity index is 848. The normalized spacial score (nSPS) is 12.7. The molecule has 0 heterocycles. The Morgan fingerprint density at radius 2 is 1.33 bits per heavy atom. The van der Waals surface area contributed by atoms with Gasteiger partial charge in [0.2, 0.25) is 0 Å². The highest BCUT2D eigenvalue weighted by Crippen LogP contribution is 2.24. The van der Waals surface area contributed by atoms with E-state index >= 15 is 0 Å². The molecule has 1 N–H and O–H groups in total. The minimum absolute atomic E-state index is 0.177. The van der Waals surface area contributed by atoms with E-state index in [9.17, 15) is 4.79 Å². The van der Waals surface area contributed by atoms with Crippen LogP contribution in [-0.2, 0) is 4.79 Å². The average Bonchev–Trinajstić information content (AvgIpc) is 2.73. The molecule has 0 radical (unpaired) electrons. The lowest BCUT2D eigenvalue weighted by atomic mass is 9.98. The molecule has 0 aliphatic carbocycles. The summed E-state index contributed by atoms with van der Waals surface area (Å²) in [5, 5.41) is 3.10. The number of carbonyl (C=O) groups is 1. The van der Waals surface area contributed by atoms with Crippen LogP contribution in [0.4, 0.5) is 0 Å². The summed E-state index contributed by atoms with van der Waals surface area (Å²) in [5.74, 6) is 1.27. The predicted octanol–water partition coefficient (Wildman–Crippen LogP) is 4.37. The number of hydrogen-bond donors (Lipinski definition) is 1. The zero-order chi connectivity index (χ0) is 19.1. The van der Waals surface area contributed by atoms with Gasteiger partial charge in [0, 0.05) is 0 Å². The van der Waals surface area contributed by atoms with Crippen molar-refractivity contribution in [3.05, 3.63) is 96.1 Å². The molecule has 3 aromatic rings. The second kappa shape index (κ2) is 8.90. The third kappa shape index (κ3) is 4.88. The van der Waals surface area contributed by atoms with Gasteiger partial charge in [0.05, 0.1) is 13.2 Å². The number of carbonyl (C=O) groups excluding carboxylic acids is 1. The van der Waals surface area contributed by atoms with E-state index in [1.807, 2.05) is 84.9 Å². The molecule has 138 valence electrons. The van der Waals surface area contributed by atoms with Crippen LogP contribution in [0.1, 0.15) is 24.1 Å². The molecule has 0 aliphatic heterocycles. The Labute approximate surface area is 159 Å². The van der Waals surface area contributed by atoms with Crippen LogP contribution >= 0.6 is 0 Å². The van der Waals surface area contributed by atoms with E-state index in [0.717, 1.165) is 16.9 Å². The van der Waals surface area contributed by atoms with Crippen LogP contribution < -0.4 is 14.8 Å². The van der Waals surface area contributed by atoms with E-state index in [-0.39, 0.29) is 11.9 Å². The lowest BCUT2D eigenvalue weighted by Gasteiger charge is -2.23. The second-order valence-corrected chi connectivity index (χ2v) is 6.20. The molecular formula is C23H23NO3. The summed E-state index contributed by atoms with van der Waals surface area (Å²) in [6, 6.07) is 26.6. The van der Waals surface area contributed by atoms with Crippen molar-refractivity contribution in [2.75, 3.05) is 7.11 Å². The fourth-order valence-electron chi connectivity index (χ4n) is 2.82. The molecule has 2 unspecified atom stereocenters. The molecule has 0 aromatic heterocycles. The second-order valence-electron chi connectivity index (χ2n) is 6.20. The van der Waals surface area contributed by atoms with E-state index in [0.29, 0.717) is 5.75 Å². The zero-order valence-electron chi connectivity index (χ0n) is 15.5. The molecule has 4 heteroatoms. The Hall–Kier alpha value is -3.27. The summed E-state index contributed by atoms with van der Waals surface area (Å²) >= 11 is 0. The fraction of sp³-hybridized carbons (Fsp3) is 0.174. The van der Waals surface area contributed by atoms with Crippen molar-refractivity contribution in [1.82, 2.24) is 5.32 Å². The molecule has 0 spiro atoms. The average molecular weight is 361 g/mol. The SMILES string of the molecule is COc1ccc(C(NC(=O)C(C)Oc2ccccc2)c2ccccc2)cc1. The Balaban J connectivity index is 1.79. The Morgan fingerprint density at radius 3 is 1.93 bits per heavy atom. The maximum absolute atomic E-state index is 12.8. The first-order valence-electron chi connectivity index (χ1n) is 8.88. The number of rotatable bonds is 7. The largest absolute Gasteiger partial charge is 0.497 e. The summed E-state index contributed by atoms with van der Waals surface area (Å²) in [6.45, 7) is 1.75. The number of methoxy groups -OCH3 is 1. The van der Waals surface area contributed by atoms with Crippen molar-refractivity contribution in [3.63, 3.8) is 0 Å². The first kappa shape index (κ1) is 18.5. The molecule has 0 aliphatic rings. The fourth-order valence-corrected chi connectivity index (χ4v) is 2.82. The van der Waals surface area contributed by atoms with Crippen LogP contribution in [-0.4, -0.2) is 19.1 Å². The standard InChI is InChI=1S/C23H23NO3/c1-17(27-21-11-7-4-8-12-21)23(25)24-22(18-9-5-3-6-10-18)19-13-15-20(26-2)16-14-19/h3-17,22H,1-2H3,(H,24,25). The predicted molar refractivity (Wildman–Crippen MR) is 106 cm³/mol. The van der Waals surface area contributed by atoms with Gasteiger partial charge < -0.3 is 14.8 Å². The van der Waals surface area contributed by atoms with Crippen molar-refractivity contribution in [1.29, 1.82) is 0 Å². The summed E-state index contributed by atoms with van der Waals surface area (Å²) in [4.78, 5) is 12.8. The minimum atomic E-state index is -0.614. The third-order valence-corrected chi connectivity index (χ3v) is 4.29. The maximum atomic E-state index is 12.8. The van der Waals surface area contributed by atoms with Crippen molar-refractivity contribution < 1.29 is 14.3 Å². The van der Waals surface area contributed by atoms with Crippen LogP contribution in [0.2, 0.25) is 0 Å². The van der Waals surface area contributed by atoms with Crippen LogP contribution in [0.3, 0.4) is 0 Å². The molecule has 27 heavy (non-hydrogen) atoms. The highest BCUT2D eigenvalue weighted by Gasteiger charge is 2.21. The summed E-state index contributed by atoms with van der Waals surface area (Å²) in [7, 11) is 1.63. The molecule has 0 saturated heterocycles. The van der Waals surface area contributed by atoms with Crippen LogP contribution in [0, 0.1) is 0 Å². The van der Waals surface area contributed by atoms with E-state index in [1.165, 1.54) is 0 Å². The van der Waals surface area contributed by atoms with E-state index < -0.39 is 6.10 Å². The van der Waals surface area contributed by atoms with E-state index in [1.54, 1.807) is 14.0 Å². The van der Waals surface area contributed by atoms with Crippen molar-refractivity contribution in [2.45, 2.75) is 19.1 Å². The van der Waals surface area contributed by atoms with Gasteiger partial charge in [0.1, 0.15) is 11.5 Å². The maximum Gasteiger partial charge on any atom is 0.261 e. The third-order valence-electron chi connectivity index (χ3n) is 4.29. The van der Waals surface area contributed by atoms with Crippen molar-refractivity contribution >= 4 is 5.91 Å². The number of ether oxygens (including phenoxy) is 2. The monoisotopic (exact) mass is 361 g/mol. The van der Waals surface area contributed by atoms with Gasteiger partial charge in [-0.3, -0.25) is 4.79 Å². The lowest BCUT2D eigenvalue weighted by molar-refractivity contribution is -0.127. The van der Waals surface area contributed by atoms with Crippen molar-refractivity contribution in [3.8, 4) is 11.5 Å². The Morgan fingerprint density at radius 1 is 0.778 bits per heavy atom. The molecular weight excluding hydrogens is 338 g/mol. The van der Waals surface area contributed by atoms with Gasteiger partial charge in [0.15, 0.2) is 6.10 Å². The molecule has 2 atom stereocenters. The van der Waals surface area contributed by atoms with Gasteiger partial charge in [-0.2, -0.15) is 0 Å². The lowest BCUT2D eigenvalue weighted by Crippen LogP contribution is -2.39. The smallest absolute Gasteiger partial charge is 0.261 e. The molecule has 3 aromatic carbocycles. The minimum Gasteiger partial charge on any atom is -0.497 e. The summed E-state index contributed by atoms with van der Waals surface area (Å²) in [6.07, 6.45) is -0.614. The van der Waals surface area contributed by atoms with Gasteiger partial charge in [-0.15, -0.1) is 0 Å². The molecule has 4 nitrogen and oxygen atoms in total. The van der Waals surface area contributed by atoms with Gasteiger partial charge >= 0.3 is 0 Å². The summed E-state index contributed by atoms with van der Waals surface area (Å²) in [5.41, 5.74) is 1.98. The van der Waals surface area contributed by atoms with Crippen LogP contribution in [0.25, 0.3) is 0 Å². The first-order chi connectivity index (χ1) is 13.2. The number of hydrogen-bond acceptors (Lipinski definition) is 3. The molecule has 1 amide bonds. The highest BCUT2D eigenvalue weighted by molar-refractivity contribution is 5.81. The van der Waals surface area contributed by atoms with Crippen LogP contribution in [0.5, 0.6) is 11.5 Å². The molecule has 0 bridgehead atoms. The number of amides is 1. The van der Waals surface area contributed by atoms with E-state index in [4.69, 9.17) is 9.47 Å². The van der Waals surface area contributed by atoms with Gasteiger partial charge in [-0.05, 0) is 42.3 Å². The van der Waals surface area contributed by atoms with Crippen molar-refractivity contribution in [2.24, 2.45) is 0 Å². The zero-order valence-corrected chi connectivity index (χ0v) is 15.5. The van der Waals surface area contributed by atoms with E-state index in [2.05, 4.69) is 5.32 Å². The number of nitrogens with one attached hydrogen (secondary N) is 1.